The van der Waals surface area contributed by atoms with Gasteiger partial charge in [0.05, 0.1) is 12.2 Å². The lowest BCUT2D eigenvalue weighted by Crippen LogP contribution is -2.61. The molecule has 0 aliphatic carbocycles. The largest absolute Gasteiger partial charge is 0.479 e. The standard InChI is InChI=1S/C12H22O7/c1-5(2)17-9-7(13)8(14)12(18-6(3)4)19-10(9)11(15)16/h5-10,12-14H,1-4H3,(H,15,16)/t7-,8+,9+,10+,12?/m1/s1. The number of aliphatic hydroxyl groups excluding tert-OH is 2. The van der Waals surface area contributed by atoms with Crippen LogP contribution in [-0.2, 0) is 19.0 Å². The SMILES string of the molecule is CC(C)OC1O[C@H](C(=O)O)[C@@H](OC(C)C)[C@H](O)[C@@H]1O. The van der Waals surface area contributed by atoms with E-state index in [1.165, 1.54) is 0 Å². The molecule has 19 heavy (non-hydrogen) atoms. The highest BCUT2D eigenvalue weighted by molar-refractivity contribution is 5.73. The van der Waals surface area contributed by atoms with Gasteiger partial charge in [0, 0.05) is 0 Å². The summed E-state index contributed by atoms with van der Waals surface area (Å²) >= 11 is 0. The summed E-state index contributed by atoms with van der Waals surface area (Å²) in [7, 11) is 0. The Balaban J connectivity index is 2.87. The summed E-state index contributed by atoms with van der Waals surface area (Å²) in [6, 6.07) is 0. The molecule has 0 amide bonds. The van der Waals surface area contributed by atoms with Gasteiger partial charge in [-0.3, -0.25) is 0 Å². The Hall–Kier alpha value is -0.730. The van der Waals surface area contributed by atoms with E-state index in [1.54, 1.807) is 27.7 Å². The van der Waals surface area contributed by atoms with E-state index in [1.807, 2.05) is 0 Å². The summed E-state index contributed by atoms with van der Waals surface area (Å²) in [5, 5.41) is 29.0. The van der Waals surface area contributed by atoms with E-state index in [0.29, 0.717) is 0 Å². The van der Waals surface area contributed by atoms with E-state index in [-0.39, 0.29) is 12.2 Å². The first-order valence-electron chi connectivity index (χ1n) is 6.29. The average Bonchev–Trinajstić information content (AvgIpc) is 2.27. The molecule has 7 heteroatoms. The Morgan fingerprint density at radius 3 is 2.00 bits per heavy atom. The summed E-state index contributed by atoms with van der Waals surface area (Å²) in [5.41, 5.74) is 0. The zero-order chi connectivity index (χ0) is 14.7. The van der Waals surface area contributed by atoms with Gasteiger partial charge in [-0.1, -0.05) is 0 Å². The molecule has 0 radical (unpaired) electrons. The molecule has 1 heterocycles. The minimum absolute atomic E-state index is 0.274. The Morgan fingerprint density at radius 1 is 1.05 bits per heavy atom. The van der Waals surface area contributed by atoms with Crippen LogP contribution in [0.15, 0.2) is 0 Å². The summed E-state index contributed by atoms with van der Waals surface area (Å²) < 4.78 is 15.8. The van der Waals surface area contributed by atoms with Crippen LogP contribution in [0, 0.1) is 0 Å². The maximum atomic E-state index is 11.2. The van der Waals surface area contributed by atoms with Crippen LogP contribution in [0.25, 0.3) is 0 Å². The lowest BCUT2D eigenvalue weighted by molar-refractivity contribution is -0.310. The number of aliphatic carboxylic acids is 1. The number of hydrogen-bond donors (Lipinski definition) is 3. The molecule has 0 spiro atoms. The monoisotopic (exact) mass is 278 g/mol. The van der Waals surface area contributed by atoms with Crippen molar-refractivity contribution in [3.05, 3.63) is 0 Å². The van der Waals surface area contributed by atoms with Gasteiger partial charge in [0.2, 0.25) is 0 Å². The van der Waals surface area contributed by atoms with Crippen molar-refractivity contribution in [1.82, 2.24) is 0 Å². The normalized spacial score (nSPS) is 35.9. The quantitative estimate of drug-likeness (QED) is 0.636. The number of rotatable bonds is 5. The molecule has 1 aliphatic heterocycles. The minimum Gasteiger partial charge on any atom is -0.479 e. The van der Waals surface area contributed by atoms with Crippen LogP contribution in [0.3, 0.4) is 0 Å². The lowest BCUT2D eigenvalue weighted by Gasteiger charge is -2.41. The van der Waals surface area contributed by atoms with E-state index in [4.69, 9.17) is 19.3 Å². The first-order chi connectivity index (χ1) is 8.73. The predicted molar refractivity (Wildman–Crippen MR) is 64.5 cm³/mol. The van der Waals surface area contributed by atoms with Crippen molar-refractivity contribution in [2.24, 2.45) is 0 Å². The average molecular weight is 278 g/mol. The number of carbonyl (C=O) groups is 1. The van der Waals surface area contributed by atoms with Crippen molar-refractivity contribution in [2.75, 3.05) is 0 Å². The van der Waals surface area contributed by atoms with Crippen molar-refractivity contribution in [1.29, 1.82) is 0 Å². The molecule has 112 valence electrons. The molecule has 0 aromatic heterocycles. The summed E-state index contributed by atoms with van der Waals surface area (Å²) in [4.78, 5) is 11.2. The van der Waals surface area contributed by atoms with E-state index in [9.17, 15) is 15.0 Å². The van der Waals surface area contributed by atoms with E-state index < -0.39 is 36.7 Å². The zero-order valence-electron chi connectivity index (χ0n) is 11.5. The molecule has 5 atom stereocenters. The third-order valence-electron chi connectivity index (χ3n) is 2.62. The first kappa shape index (κ1) is 16.3. The number of carboxylic acids is 1. The van der Waals surface area contributed by atoms with E-state index in [2.05, 4.69) is 0 Å². The highest BCUT2D eigenvalue weighted by Gasteiger charge is 2.49. The fourth-order valence-electron chi connectivity index (χ4n) is 1.88. The maximum Gasteiger partial charge on any atom is 0.335 e. The Bertz CT molecular complexity index is 304. The van der Waals surface area contributed by atoms with Crippen molar-refractivity contribution in [3.8, 4) is 0 Å². The highest BCUT2D eigenvalue weighted by Crippen LogP contribution is 2.26. The Labute approximate surface area is 112 Å². The fraction of sp³-hybridized carbons (Fsp3) is 0.917. The van der Waals surface area contributed by atoms with Gasteiger partial charge in [0.15, 0.2) is 12.4 Å². The topological polar surface area (TPSA) is 105 Å². The first-order valence-corrected chi connectivity index (χ1v) is 6.29. The van der Waals surface area contributed by atoms with Gasteiger partial charge < -0.3 is 29.5 Å². The molecule has 1 saturated heterocycles. The second-order valence-corrected chi connectivity index (χ2v) is 5.08. The van der Waals surface area contributed by atoms with Crippen LogP contribution in [-0.4, -0.2) is 64.2 Å². The van der Waals surface area contributed by atoms with Crippen molar-refractivity contribution in [2.45, 2.75) is 70.6 Å². The molecule has 1 fully saturated rings. The second-order valence-electron chi connectivity index (χ2n) is 5.08. The smallest absolute Gasteiger partial charge is 0.335 e. The highest BCUT2D eigenvalue weighted by atomic mass is 16.7. The Kier molecular flexibility index (Phi) is 5.69. The van der Waals surface area contributed by atoms with Crippen molar-refractivity contribution in [3.63, 3.8) is 0 Å². The molecule has 0 saturated carbocycles. The van der Waals surface area contributed by atoms with Crippen molar-refractivity contribution < 1.29 is 34.3 Å². The van der Waals surface area contributed by atoms with Gasteiger partial charge in [0.25, 0.3) is 0 Å². The molecular weight excluding hydrogens is 256 g/mol. The van der Waals surface area contributed by atoms with Crippen LogP contribution < -0.4 is 0 Å². The predicted octanol–water partition coefficient (Wildman–Crippen LogP) is -0.264. The lowest BCUT2D eigenvalue weighted by atomic mass is 9.98. The molecule has 1 aliphatic rings. The summed E-state index contributed by atoms with van der Waals surface area (Å²) in [5.74, 6) is -1.27. The van der Waals surface area contributed by atoms with Crippen LogP contribution in [0.4, 0.5) is 0 Å². The van der Waals surface area contributed by atoms with Crippen LogP contribution in [0.5, 0.6) is 0 Å². The molecule has 0 aromatic carbocycles. The minimum atomic E-state index is -1.39. The van der Waals surface area contributed by atoms with Crippen LogP contribution >= 0.6 is 0 Å². The van der Waals surface area contributed by atoms with Gasteiger partial charge in [0.1, 0.15) is 18.3 Å². The molecular formula is C12H22O7. The number of aliphatic hydroxyl groups is 2. The summed E-state index contributed by atoms with van der Waals surface area (Å²) in [6.45, 7) is 6.84. The number of hydrogen-bond acceptors (Lipinski definition) is 6. The third kappa shape index (κ3) is 4.12. The number of ether oxygens (including phenoxy) is 3. The van der Waals surface area contributed by atoms with E-state index in [0.717, 1.165) is 0 Å². The molecule has 1 rings (SSSR count). The molecule has 3 N–H and O–H groups in total. The molecule has 7 nitrogen and oxygen atoms in total. The van der Waals surface area contributed by atoms with Gasteiger partial charge in [-0.2, -0.15) is 0 Å². The van der Waals surface area contributed by atoms with E-state index >= 15 is 0 Å². The molecule has 0 aromatic rings. The molecule has 0 bridgehead atoms. The van der Waals surface area contributed by atoms with Crippen LogP contribution in [0.1, 0.15) is 27.7 Å². The Morgan fingerprint density at radius 2 is 1.58 bits per heavy atom. The molecule has 1 unspecified atom stereocenters. The van der Waals surface area contributed by atoms with Crippen LogP contribution in [0.2, 0.25) is 0 Å². The van der Waals surface area contributed by atoms with Crippen molar-refractivity contribution >= 4 is 5.97 Å². The van der Waals surface area contributed by atoms with Gasteiger partial charge in [-0.05, 0) is 27.7 Å². The van der Waals surface area contributed by atoms with Gasteiger partial charge >= 0.3 is 5.97 Å². The zero-order valence-corrected chi connectivity index (χ0v) is 11.5. The fourth-order valence-corrected chi connectivity index (χ4v) is 1.88. The van der Waals surface area contributed by atoms with Gasteiger partial charge in [-0.25, -0.2) is 4.79 Å². The maximum absolute atomic E-state index is 11.2. The second kappa shape index (κ2) is 6.62. The van der Waals surface area contributed by atoms with Gasteiger partial charge in [-0.15, -0.1) is 0 Å². The number of carboxylic acid groups (broad SMARTS) is 1. The third-order valence-corrected chi connectivity index (χ3v) is 2.62. The summed E-state index contributed by atoms with van der Waals surface area (Å²) in [6.07, 6.45) is -7.04.